The van der Waals surface area contributed by atoms with Crippen molar-refractivity contribution in [1.29, 1.82) is 0 Å². The zero-order chi connectivity index (χ0) is 14.5. The Balaban J connectivity index is 2.07. The number of rotatable bonds is 4. The van der Waals surface area contributed by atoms with Gasteiger partial charge in [0.05, 0.1) is 19.5 Å². The molecule has 0 fully saturated rings. The summed E-state index contributed by atoms with van der Waals surface area (Å²) < 4.78 is 30.3. The van der Waals surface area contributed by atoms with Crippen molar-refractivity contribution in [3.8, 4) is 0 Å². The largest absolute Gasteiger partial charge is 0.464 e. The first kappa shape index (κ1) is 13.9. The van der Waals surface area contributed by atoms with Crippen LogP contribution in [0.4, 0.5) is 14.6 Å². The highest BCUT2D eigenvalue weighted by Crippen LogP contribution is 2.11. The highest BCUT2D eigenvalue weighted by molar-refractivity contribution is 5.87. The first-order valence-corrected chi connectivity index (χ1v) is 5.68. The Labute approximate surface area is 113 Å². The van der Waals surface area contributed by atoms with E-state index in [1.165, 1.54) is 25.6 Å². The third kappa shape index (κ3) is 3.25. The smallest absolute Gasteiger partial charge is 0.358 e. The average molecular weight is 279 g/mol. The van der Waals surface area contributed by atoms with E-state index in [9.17, 15) is 13.6 Å². The highest BCUT2D eigenvalue weighted by Gasteiger charge is 2.08. The van der Waals surface area contributed by atoms with Crippen LogP contribution in [0.1, 0.15) is 16.1 Å². The van der Waals surface area contributed by atoms with E-state index >= 15 is 0 Å². The molecule has 0 aliphatic rings. The lowest BCUT2D eigenvalue weighted by molar-refractivity contribution is 0.0593. The van der Waals surface area contributed by atoms with Crippen LogP contribution < -0.4 is 5.32 Å². The average Bonchev–Trinajstić information content (AvgIpc) is 2.48. The van der Waals surface area contributed by atoms with Crippen LogP contribution >= 0.6 is 0 Å². The van der Waals surface area contributed by atoms with E-state index in [1.807, 2.05) is 0 Å². The Bertz CT molecular complexity index is 635. The molecule has 1 aromatic heterocycles. The van der Waals surface area contributed by atoms with Crippen LogP contribution in [0, 0.1) is 11.6 Å². The Morgan fingerprint density at radius 3 is 2.80 bits per heavy atom. The summed E-state index contributed by atoms with van der Waals surface area (Å²) in [6.07, 6.45) is 2.68. The first-order valence-electron chi connectivity index (χ1n) is 5.68. The Morgan fingerprint density at radius 2 is 2.10 bits per heavy atom. The molecule has 2 aromatic rings. The Kier molecular flexibility index (Phi) is 4.19. The van der Waals surface area contributed by atoms with Gasteiger partial charge in [-0.25, -0.2) is 18.6 Å². The van der Waals surface area contributed by atoms with Crippen molar-refractivity contribution in [1.82, 2.24) is 9.97 Å². The van der Waals surface area contributed by atoms with Gasteiger partial charge < -0.3 is 10.1 Å². The SMILES string of the molecule is COC(=O)c1cncc(NCc2ccc(F)c(F)c2)n1. The molecule has 0 saturated heterocycles. The molecule has 20 heavy (non-hydrogen) atoms. The van der Waals surface area contributed by atoms with E-state index in [-0.39, 0.29) is 12.2 Å². The zero-order valence-electron chi connectivity index (χ0n) is 10.6. The van der Waals surface area contributed by atoms with Gasteiger partial charge >= 0.3 is 5.97 Å². The number of carbonyl (C=O) groups excluding carboxylic acids is 1. The maximum Gasteiger partial charge on any atom is 0.358 e. The predicted molar refractivity (Wildman–Crippen MR) is 67.1 cm³/mol. The fraction of sp³-hybridized carbons (Fsp3) is 0.154. The predicted octanol–water partition coefficient (Wildman–Crippen LogP) is 2.15. The maximum absolute atomic E-state index is 13.0. The van der Waals surface area contributed by atoms with Gasteiger partial charge in [-0.1, -0.05) is 6.07 Å². The van der Waals surface area contributed by atoms with Gasteiger partial charge in [-0.2, -0.15) is 0 Å². The van der Waals surface area contributed by atoms with Crippen LogP contribution in [0.15, 0.2) is 30.6 Å². The molecule has 5 nitrogen and oxygen atoms in total. The van der Waals surface area contributed by atoms with Crippen LogP contribution in [0.2, 0.25) is 0 Å². The molecular weight excluding hydrogens is 268 g/mol. The number of methoxy groups -OCH3 is 1. The topological polar surface area (TPSA) is 64.1 Å². The lowest BCUT2D eigenvalue weighted by Gasteiger charge is -2.06. The molecule has 0 aliphatic heterocycles. The van der Waals surface area contributed by atoms with Crippen molar-refractivity contribution >= 4 is 11.8 Å². The molecular formula is C13H11F2N3O2. The van der Waals surface area contributed by atoms with Crippen molar-refractivity contribution in [2.45, 2.75) is 6.54 Å². The van der Waals surface area contributed by atoms with E-state index in [1.54, 1.807) is 0 Å². The fourth-order valence-corrected chi connectivity index (χ4v) is 1.50. The fourth-order valence-electron chi connectivity index (χ4n) is 1.50. The van der Waals surface area contributed by atoms with E-state index in [4.69, 9.17) is 0 Å². The van der Waals surface area contributed by atoms with Gasteiger partial charge in [0.25, 0.3) is 0 Å². The molecule has 0 radical (unpaired) electrons. The quantitative estimate of drug-likeness (QED) is 0.869. The van der Waals surface area contributed by atoms with Crippen LogP contribution in [0.3, 0.4) is 0 Å². The molecule has 104 valence electrons. The molecule has 0 unspecified atom stereocenters. The summed E-state index contributed by atoms with van der Waals surface area (Å²) in [5, 5.41) is 2.86. The number of esters is 1. The standard InChI is InChI=1S/C13H11F2N3O2/c1-20-13(19)11-6-16-7-12(18-11)17-5-8-2-3-9(14)10(15)4-8/h2-4,6-7H,5H2,1H3,(H,17,18). The lowest BCUT2D eigenvalue weighted by Crippen LogP contribution is -2.08. The monoisotopic (exact) mass is 279 g/mol. The first-order chi connectivity index (χ1) is 9.60. The summed E-state index contributed by atoms with van der Waals surface area (Å²) >= 11 is 0. The van der Waals surface area contributed by atoms with Gasteiger partial charge in [-0.15, -0.1) is 0 Å². The van der Waals surface area contributed by atoms with Crippen LogP contribution in [0.5, 0.6) is 0 Å². The molecule has 2 rings (SSSR count). The normalized spacial score (nSPS) is 10.2. The van der Waals surface area contributed by atoms with Gasteiger partial charge in [0.2, 0.25) is 0 Å². The molecule has 7 heteroatoms. The maximum atomic E-state index is 13.0. The zero-order valence-corrected chi connectivity index (χ0v) is 10.6. The van der Waals surface area contributed by atoms with Crippen molar-refractivity contribution in [3.63, 3.8) is 0 Å². The minimum absolute atomic E-state index is 0.0581. The second-order valence-electron chi connectivity index (χ2n) is 3.88. The number of ether oxygens (including phenoxy) is 1. The number of nitrogens with one attached hydrogen (secondary N) is 1. The summed E-state index contributed by atoms with van der Waals surface area (Å²) in [6, 6.07) is 3.58. The van der Waals surface area contributed by atoms with Gasteiger partial charge in [0.1, 0.15) is 5.82 Å². The minimum Gasteiger partial charge on any atom is -0.464 e. The molecule has 0 amide bonds. The van der Waals surface area contributed by atoms with E-state index < -0.39 is 17.6 Å². The van der Waals surface area contributed by atoms with Crippen molar-refractivity contribution in [2.75, 3.05) is 12.4 Å². The van der Waals surface area contributed by atoms with E-state index in [0.29, 0.717) is 11.4 Å². The van der Waals surface area contributed by atoms with Crippen molar-refractivity contribution < 1.29 is 18.3 Å². The summed E-state index contributed by atoms with van der Waals surface area (Å²) in [4.78, 5) is 19.1. The molecule has 1 aromatic carbocycles. The molecule has 0 saturated carbocycles. The Hall–Kier alpha value is -2.57. The molecule has 0 bridgehead atoms. The number of carbonyl (C=O) groups is 1. The second kappa shape index (κ2) is 6.05. The van der Waals surface area contributed by atoms with Gasteiger partial charge in [0, 0.05) is 6.54 Å². The molecule has 1 N–H and O–H groups in total. The third-order valence-electron chi connectivity index (χ3n) is 2.49. The van der Waals surface area contributed by atoms with Crippen LogP contribution in [-0.2, 0) is 11.3 Å². The van der Waals surface area contributed by atoms with Gasteiger partial charge in [-0.05, 0) is 17.7 Å². The second-order valence-corrected chi connectivity index (χ2v) is 3.88. The number of halogens is 2. The number of aromatic nitrogens is 2. The highest BCUT2D eigenvalue weighted by atomic mass is 19.2. The van der Waals surface area contributed by atoms with E-state index in [2.05, 4.69) is 20.0 Å². The molecule has 0 spiro atoms. The Morgan fingerprint density at radius 1 is 1.30 bits per heavy atom. The molecule has 0 atom stereocenters. The number of nitrogens with zero attached hydrogens (tertiary/aromatic N) is 2. The summed E-state index contributed by atoms with van der Waals surface area (Å²) in [7, 11) is 1.24. The van der Waals surface area contributed by atoms with Crippen molar-refractivity contribution in [3.05, 3.63) is 53.5 Å². The lowest BCUT2D eigenvalue weighted by atomic mass is 10.2. The summed E-state index contributed by atoms with van der Waals surface area (Å²) in [6.45, 7) is 0.219. The van der Waals surface area contributed by atoms with Crippen LogP contribution in [-0.4, -0.2) is 23.0 Å². The number of hydrogen-bond acceptors (Lipinski definition) is 5. The van der Waals surface area contributed by atoms with Crippen molar-refractivity contribution in [2.24, 2.45) is 0 Å². The van der Waals surface area contributed by atoms with Crippen LogP contribution in [0.25, 0.3) is 0 Å². The molecule has 1 heterocycles. The third-order valence-corrected chi connectivity index (χ3v) is 2.49. The minimum atomic E-state index is -0.918. The number of anilines is 1. The van der Waals surface area contributed by atoms with Gasteiger partial charge in [-0.3, -0.25) is 4.98 Å². The summed E-state index contributed by atoms with van der Waals surface area (Å²) in [5.74, 6) is -2.09. The van der Waals surface area contributed by atoms with Gasteiger partial charge in [0.15, 0.2) is 17.3 Å². The van der Waals surface area contributed by atoms with E-state index in [0.717, 1.165) is 12.1 Å². The number of benzene rings is 1. The number of hydrogen-bond donors (Lipinski definition) is 1. The summed E-state index contributed by atoms with van der Waals surface area (Å²) in [5.41, 5.74) is 0.594. The molecule has 0 aliphatic carbocycles.